The summed E-state index contributed by atoms with van der Waals surface area (Å²) < 4.78 is 27.7. The van der Waals surface area contributed by atoms with E-state index in [4.69, 9.17) is 17.3 Å². The van der Waals surface area contributed by atoms with Crippen LogP contribution in [0, 0.1) is 0 Å². The van der Waals surface area contributed by atoms with Gasteiger partial charge in [0, 0.05) is 40.2 Å². The van der Waals surface area contributed by atoms with Crippen molar-refractivity contribution < 1.29 is 18.0 Å². The van der Waals surface area contributed by atoms with Gasteiger partial charge in [0.05, 0.1) is 6.54 Å². The van der Waals surface area contributed by atoms with E-state index in [1.54, 1.807) is 65.0 Å². The van der Waals surface area contributed by atoms with Crippen LogP contribution in [-0.4, -0.2) is 50.2 Å². The van der Waals surface area contributed by atoms with Crippen molar-refractivity contribution in [2.24, 2.45) is 5.73 Å². The largest absolute Gasteiger partial charge is 0.366 e. The Morgan fingerprint density at radius 1 is 1.05 bits per heavy atom. The molecule has 1 fully saturated rings. The summed E-state index contributed by atoms with van der Waals surface area (Å²) in [5.41, 5.74) is 6.04. The minimum Gasteiger partial charge on any atom is -0.366 e. The molecule has 2 amide bonds. The van der Waals surface area contributed by atoms with Crippen molar-refractivity contribution >= 4 is 44.8 Å². The van der Waals surface area contributed by atoms with E-state index >= 15 is 0 Å². The van der Waals surface area contributed by atoms with Crippen molar-refractivity contribution in [3.63, 3.8) is 0 Å². The van der Waals surface area contributed by atoms with E-state index in [9.17, 15) is 18.0 Å². The number of nitrogens with one attached hydrogen (secondary N) is 2. The number of hydrogen-bond donors (Lipinski definition) is 3. The molecule has 0 bridgehead atoms. The number of benzene rings is 2. The minimum atomic E-state index is -3.49. The fraction of sp³-hybridized carbons (Fsp3) is 0.333. The summed E-state index contributed by atoms with van der Waals surface area (Å²) in [6.07, 6.45) is 3.05. The lowest BCUT2D eigenvalue weighted by Gasteiger charge is -2.16. The number of hydrogen-bond acceptors (Lipinski definition) is 6. The van der Waals surface area contributed by atoms with Crippen molar-refractivity contribution in [3.05, 3.63) is 87.8 Å². The summed E-state index contributed by atoms with van der Waals surface area (Å²) in [5, 5.41) is 6.82. The molecule has 0 aliphatic carbocycles. The van der Waals surface area contributed by atoms with Gasteiger partial charge in [-0.25, -0.2) is 8.42 Å². The second-order valence-corrected chi connectivity index (χ2v) is 12.6. The zero-order valence-electron chi connectivity index (χ0n) is 21.2. The number of halogens is 1. The fourth-order valence-electron chi connectivity index (χ4n) is 3.79. The van der Waals surface area contributed by atoms with Gasteiger partial charge in [0.25, 0.3) is 15.9 Å². The van der Waals surface area contributed by atoms with E-state index < -0.39 is 10.0 Å². The molecular formula is C27H33ClN4O4S2. The summed E-state index contributed by atoms with van der Waals surface area (Å²) in [6.45, 7) is 4.38. The number of rotatable bonds is 10. The molecule has 2 heterocycles. The van der Waals surface area contributed by atoms with Crippen LogP contribution in [0.25, 0.3) is 0 Å². The summed E-state index contributed by atoms with van der Waals surface area (Å²) in [5.74, 6) is -0.601. The van der Waals surface area contributed by atoms with E-state index in [-0.39, 0.29) is 24.4 Å². The molecular weight excluding hydrogens is 544 g/mol. The van der Waals surface area contributed by atoms with Crippen LogP contribution in [0.5, 0.6) is 0 Å². The highest BCUT2D eigenvalue weighted by atomic mass is 35.5. The van der Waals surface area contributed by atoms with Crippen LogP contribution >= 0.6 is 22.9 Å². The molecule has 0 spiro atoms. The number of primary amides is 1. The second-order valence-electron chi connectivity index (χ2n) is 8.80. The lowest BCUT2D eigenvalue weighted by Crippen LogP contribution is -2.35. The molecule has 1 aliphatic heterocycles. The molecule has 1 saturated heterocycles. The quantitative estimate of drug-likeness (QED) is 0.311. The second kappa shape index (κ2) is 14.4. The van der Waals surface area contributed by atoms with Gasteiger partial charge >= 0.3 is 0 Å². The van der Waals surface area contributed by atoms with E-state index in [2.05, 4.69) is 17.6 Å². The first-order valence-electron chi connectivity index (χ1n) is 12.4. The number of amides is 2. The van der Waals surface area contributed by atoms with Crippen LogP contribution in [0.4, 0.5) is 0 Å². The van der Waals surface area contributed by atoms with Crippen molar-refractivity contribution in [3.8, 4) is 0 Å². The number of nitrogens with zero attached hydrogens (tertiary/aromatic N) is 1. The average molecular weight is 577 g/mol. The van der Waals surface area contributed by atoms with Crippen LogP contribution in [0.3, 0.4) is 0 Å². The van der Waals surface area contributed by atoms with Crippen molar-refractivity contribution in [2.45, 2.75) is 43.0 Å². The van der Waals surface area contributed by atoms with E-state index in [1.807, 2.05) is 6.07 Å². The summed E-state index contributed by atoms with van der Waals surface area (Å²) in [7, 11) is -3.49. The predicted molar refractivity (Wildman–Crippen MR) is 152 cm³/mol. The zero-order valence-corrected chi connectivity index (χ0v) is 23.6. The average Bonchev–Trinajstić information content (AvgIpc) is 3.60. The van der Waals surface area contributed by atoms with Crippen LogP contribution < -0.4 is 16.4 Å². The summed E-state index contributed by atoms with van der Waals surface area (Å²) in [6, 6.07) is 19.0. The number of carbonyl (C=O) groups excluding carboxylic acids is 2. The van der Waals surface area contributed by atoms with Gasteiger partial charge in [-0.15, -0.1) is 11.3 Å². The molecule has 11 heteroatoms. The van der Waals surface area contributed by atoms with Crippen molar-refractivity contribution in [1.29, 1.82) is 0 Å². The highest BCUT2D eigenvalue weighted by Gasteiger charge is 2.33. The lowest BCUT2D eigenvalue weighted by molar-refractivity contribution is 0.0950. The Bertz CT molecular complexity index is 1300. The Labute approximate surface area is 233 Å². The SMILES string of the molecule is CCCCNC1CCN(S(=O)(=O)c2ccc(CNC(=O)c3ccc(Cl)cc3)s2)C1.NC(=O)c1ccccc1. The lowest BCUT2D eigenvalue weighted by atomic mass is 10.2. The van der Waals surface area contributed by atoms with Crippen LogP contribution in [0.1, 0.15) is 51.8 Å². The van der Waals surface area contributed by atoms with Gasteiger partial charge in [-0.05, 0) is 67.9 Å². The number of nitrogens with two attached hydrogens (primary N) is 1. The molecule has 3 aromatic rings. The normalized spacial score (nSPS) is 15.5. The number of carbonyl (C=O) groups is 2. The van der Waals surface area contributed by atoms with E-state index in [0.29, 0.717) is 33.4 Å². The Balaban J connectivity index is 0.000000375. The van der Waals surface area contributed by atoms with Crippen LogP contribution in [0.15, 0.2) is 70.9 Å². The molecule has 1 aliphatic rings. The monoisotopic (exact) mass is 576 g/mol. The van der Waals surface area contributed by atoms with Gasteiger partial charge in [0.1, 0.15) is 4.21 Å². The van der Waals surface area contributed by atoms with Gasteiger partial charge in [0.15, 0.2) is 0 Å². The molecule has 38 heavy (non-hydrogen) atoms. The summed E-state index contributed by atoms with van der Waals surface area (Å²) >= 11 is 7.04. The number of unbranched alkanes of at least 4 members (excludes halogenated alkanes) is 1. The Kier molecular flexibility index (Phi) is 11.3. The van der Waals surface area contributed by atoms with Gasteiger partial charge in [-0.1, -0.05) is 43.1 Å². The Hall–Kier alpha value is -2.76. The first-order valence-corrected chi connectivity index (χ1v) is 15.0. The molecule has 0 radical (unpaired) electrons. The highest BCUT2D eigenvalue weighted by Crippen LogP contribution is 2.27. The fourth-order valence-corrected chi connectivity index (χ4v) is 6.86. The minimum absolute atomic E-state index is 0.217. The third-order valence-corrected chi connectivity index (χ3v) is 9.60. The maximum atomic E-state index is 12.9. The van der Waals surface area contributed by atoms with Gasteiger partial charge < -0.3 is 16.4 Å². The molecule has 204 valence electrons. The Morgan fingerprint density at radius 2 is 1.76 bits per heavy atom. The van der Waals surface area contributed by atoms with E-state index in [0.717, 1.165) is 30.7 Å². The zero-order chi connectivity index (χ0) is 27.5. The molecule has 1 atom stereocenters. The van der Waals surface area contributed by atoms with Gasteiger partial charge in [0.2, 0.25) is 5.91 Å². The molecule has 8 nitrogen and oxygen atoms in total. The maximum absolute atomic E-state index is 12.9. The molecule has 4 rings (SSSR count). The third-order valence-electron chi connectivity index (χ3n) is 5.93. The molecule has 1 aromatic heterocycles. The van der Waals surface area contributed by atoms with Crippen molar-refractivity contribution in [2.75, 3.05) is 19.6 Å². The first-order chi connectivity index (χ1) is 18.2. The smallest absolute Gasteiger partial charge is 0.252 e. The standard InChI is InChI=1S/C20H26ClN3O3S2.C7H7NO/c1-2-3-11-22-17-10-12-24(14-17)29(26,27)19-9-8-18(28-19)13-23-20(25)15-4-6-16(21)7-5-15;8-7(9)6-4-2-1-3-5-6/h4-9,17,22H,2-3,10-14H2,1H3,(H,23,25);1-5H,(H2,8,9). The topological polar surface area (TPSA) is 122 Å². The predicted octanol–water partition coefficient (Wildman–Crippen LogP) is 4.27. The maximum Gasteiger partial charge on any atom is 0.252 e. The number of sulfonamides is 1. The first kappa shape index (κ1) is 29.8. The molecule has 0 saturated carbocycles. The van der Waals surface area contributed by atoms with Crippen LogP contribution in [-0.2, 0) is 16.6 Å². The van der Waals surface area contributed by atoms with E-state index in [1.165, 1.54) is 11.3 Å². The van der Waals surface area contributed by atoms with Gasteiger partial charge in [-0.2, -0.15) is 4.31 Å². The van der Waals surface area contributed by atoms with Crippen LogP contribution in [0.2, 0.25) is 5.02 Å². The molecule has 1 unspecified atom stereocenters. The number of thiophene rings is 1. The molecule has 4 N–H and O–H groups in total. The summed E-state index contributed by atoms with van der Waals surface area (Å²) in [4.78, 5) is 23.4. The van der Waals surface area contributed by atoms with Crippen molar-refractivity contribution in [1.82, 2.24) is 14.9 Å². The third kappa shape index (κ3) is 8.64. The Morgan fingerprint density at radius 3 is 2.39 bits per heavy atom. The van der Waals surface area contributed by atoms with Gasteiger partial charge in [-0.3, -0.25) is 9.59 Å². The highest BCUT2D eigenvalue weighted by molar-refractivity contribution is 7.91. The molecule has 2 aromatic carbocycles.